The number of nitrogens with two attached hydrogens (primary N) is 1. The van der Waals surface area contributed by atoms with Crippen molar-refractivity contribution in [2.75, 3.05) is 48.7 Å². The average molecular weight is 484 g/mol. The number of hydrogen-bond acceptors (Lipinski definition) is 9. The van der Waals surface area contributed by atoms with Crippen LogP contribution in [0.25, 0.3) is 0 Å². The van der Waals surface area contributed by atoms with E-state index in [-0.39, 0.29) is 0 Å². The molecule has 3 rings (SSSR count). The minimum Gasteiger partial charge on any atom is -0.414 e. The molecule has 2 aromatic heterocycles. The van der Waals surface area contributed by atoms with Crippen LogP contribution < -0.4 is 21.8 Å². The van der Waals surface area contributed by atoms with E-state index in [1.807, 2.05) is 18.2 Å². The third kappa shape index (κ3) is 8.56. The van der Waals surface area contributed by atoms with Gasteiger partial charge in [0.05, 0.1) is 6.54 Å². The Kier molecular flexibility index (Phi) is 9.92. The van der Waals surface area contributed by atoms with Gasteiger partial charge in [0.1, 0.15) is 17.4 Å². The highest BCUT2D eigenvalue weighted by molar-refractivity contribution is 5.59. The zero-order chi connectivity index (χ0) is 25.2. The molecule has 0 radical (unpaired) electrons. The van der Waals surface area contributed by atoms with Crippen molar-refractivity contribution in [3.05, 3.63) is 41.8 Å². The number of H-pyrrole nitrogens is 1. The lowest BCUT2D eigenvalue weighted by Gasteiger charge is -2.18. The zero-order valence-corrected chi connectivity index (χ0v) is 21.5. The van der Waals surface area contributed by atoms with Gasteiger partial charge in [0.2, 0.25) is 5.95 Å². The Bertz CT molecular complexity index is 977. The molecule has 2 aromatic rings. The number of nitrogens with zero attached hydrogens (tertiary/aromatic N) is 4. The molecule has 0 aliphatic heterocycles. The fourth-order valence-electron chi connectivity index (χ4n) is 3.54. The van der Waals surface area contributed by atoms with Crippen molar-refractivity contribution in [1.29, 1.82) is 0 Å². The van der Waals surface area contributed by atoms with Crippen molar-refractivity contribution in [1.82, 2.24) is 25.1 Å². The molecule has 1 fully saturated rings. The van der Waals surface area contributed by atoms with Gasteiger partial charge >= 0.3 is 0 Å². The summed E-state index contributed by atoms with van der Waals surface area (Å²) < 4.78 is 0. The Morgan fingerprint density at radius 3 is 2.60 bits per heavy atom. The highest BCUT2D eigenvalue weighted by Gasteiger charge is 2.25. The van der Waals surface area contributed by atoms with E-state index in [1.165, 1.54) is 12.8 Å². The Labute approximate surface area is 208 Å². The highest BCUT2D eigenvalue weighted by atomic mass is 16.6. The van der Waals surface area contributed by atoms with Gasteiger partial charge in [-0.2, -0.15) is 21.0 Å². The monoisotopic (exact) mass is 483 g/mol. The molecular weight excluding hydrogens is 442 g/mol. The molecule has 35 heavy (non-hydrogen) atoms. The van der Waals surface area contributed by atoms with Gasteiger partial charge in [0.25, 0.3) is 0 Å². The first-order valence-corrected chi connectivity index (χ1v) is 12.6. The number of aromatic nitrogens is 4. The molecule has 1 aliphatic carbocycles. The summed E-state index contributed by atoms with van der Waals surface area (Å²) >= 11 is 0. The quantitative estimate of drug-likeness (QED) is 0.102. The lowest BCUT2D eigenvalue weighted by molar-refractivity contribution is 0.219. The molecule has 1 aliphatic rings. The van der Waals surface area contributed by atoms with Crippen LogP contribution in [0.4, 0.5) is 23.4 Å². The summed E-state index contributed by atoms with van der Waals surface area (Å²) in [6.45, 7) is 16.9. The maximum Gasteiger partial charge on any atom is 0.227 e. The van der Waals surface area contributed by atoms with Gasteiger partial charge in [0.15, 0.2) is 5.82 Å². The van der Waals surface area contributed by atoms with Crippen LogP contribution in [0, 0.1) is 5.92 Å². The summed E-state index contributed by atoms with van der Waals surface area (Å²) in [5.74, 6) is 9.50. The predicted molar refractivity (Wildman–Crippen MR) is 143 cm³/mol. The number of anilines is 4. The first kappa shape index (κ1) is 26.5. The number of rotatable bonds is 16. The van der Waals surface area contributed by atoms with E-state index in [9.17, 15) is 0 Å². The first-order chi connectivity index (χ1) is 16.9. The van der Waals surface area contributed by atoms with E-state index in [2.05, 4.69) is 75.3 Å². The van der Waals surface area contributed by atoms with Crippen LogP contribution in [-0.4, -0.2) is 57.8 Å². The first-order valence-electron chi connectivity index (χ1n) is 12.6. The SMILES string of the molecule is C=C(/C=C(/CNc1nc(NCCCN(CC)CC)cc(Nc2cc(C3CC3)[nH]n2)n1)ON)C(C)C. The molecule has 0 bridgehead atoms. The lowest BCUT2D eigenvalue weighted by atomic mass is 10.0. The van der Waals surface area contributed by atoms with E-state index in [0.717, 1.165) is 55.5 Å². The normalized spacial score (nSPS) is 13.9. The fraction of sp³-hybridized carbons (Fsp3) is 0.560. The minimum absolute atomic E-state index is 0.297. The molecule has 2 heterocycles. The summed E-state index contributed by atoms with van der Waals surface area (Å²) in [5.41, 5.74) is 2.10. The maximum absolute atomic E-state index is 5.48. The molecule has 0 saturated heterocycles. The van der Waals surface area contributed by atoms with Gasteiger partial charge in [-0.15, -0.1) is 0 Å². The summed E-state index contributed by atoms with van der Waals surface area (Å²) in [5, 5.41) is 17.4. The third-order valence-electron chi connectivity index (χ3n) is 6.11. The Morgan fingerprint density at radius 2 is 1.94 bits per heavy atom. The minimum atomic E-state index is 0.297. The molecular formula is C25H41N9O. The van der Waals surface area contributed by atoms with Crippen molar-refractivity contribution in [3.8, 4) is 0 Å². The van der Waals surface area contributed by atoms with Gasteiger partial charge in [0, 0.05) is 30.3 Å². The number of nitrogens with one attached hydrogen (secondary N) is 4. The van der Waals surface area contributed by atoms with Crippen molar-refractivity contribution in [2.24, 2.45) is 11.8 Å². The molecule has 0 amide bonds. The van der Waals surface area contributed by atoms with Gasteiger partial charge in [-0.05, 0) is 56.5 Å². The fourth-order valence-corrected chi connectivity index (χ4v) is 3.54. The molecule has 192 valence electrons. The maximum atomic E-state index is 5.48. The summed E-state index contributed by atoms with van der Waals surface area (Å²) in [6.07, 6.45) is 5.29. The largest absolute Gasteiger partial charge is 0.414 e. The van der Waals surface area contributed by atoms with Crippen molar-refractivity contribution < 1.29 is 4.84 Å². The molecule has 10 nitrogen and oxygen atoms in total. The zero-order valence-electron chi connectivity index (χ0n) is 21.5. The van der Waals surface area contributed by atoms with Crippen molar-refractivity contribution in [2.45, 2.75) is 52.9 Å². The number of aromatic amines is 1. The summed E-state index contributed by atoms with van der Waals surface area (Å²) in [7, 11) is 0. The smallest absolute Gasteiger partial charge is 0.227 e. The predicted octanol–water partition coefficient (Wildman–Crippen LogP) is 4.36. The number of hydrogen-bond donors (Lipinski definition) is 5. The van der Waals surface area contributed by atoms with E-state index >= 15 is 0 Å². The third-order valence-corrected chi connectivity index (χ3v) is 6.11. The van der Waals surface area contributed by atoms with E-state index in [4.69, 9.17) is 10.7 Å². The van der Waals surface area contributed by atoms with Crippen LogP contribution in [-0.2, 0) is 4.84 Å². The van der Waals surface area contributed by atoms with Gasteiger partial charge in [-0.25, -0.2) is 0 Å². The standard InChI is InChI=1S/C25H41N9O/c1-6-34(7-2)12-8-11-27-22-15-23(29-24-14-21(32-33-24)19-9-10-19)31-25(30-22)28-16-20(35-26)13-18(5)17(3)4/h13-15,17,19H,5-12,16,26H2,1-4H3,(H4,27,28,29,30,31,32,33)/b20-13-. The van der Waals surface area contributed by atoms with Crippen LogP contribution in [0.5, 0.6) is 0 Å². The molecule has 10 heteroatoms. The molecule has 0 atom stereocenters. The topological polar surface area (TPSA) is 129 Å². The Hall–Kier alpha value is -3.11. The highest BCUT2D eigenvalue weighted by Crippen LogP contribution is 2.39. The summed E-state index contributed by atoms with van der Waals surface area (Å²) in [6, 6.07) is 3.94. The lowest BCUT2D eigenvalue weighted by Crippen LogP contribution is -2.25. The molecule has 6 N–H and O–H groups in total. The van der Waals surface area contributed by atoms with E-state index < -0.39 is 0 Å². The molecule has 0 aromatic carbocycles. The number of allylic oxidation sites excluding steroid dienone is 2. The second kappa shape index (κ2) is 13.1. The van der Waals surface area contributed by atoms with Gasteiger partial charge < -0.3 is 25.7 Å². The van der Waals surface area contributed by atoms with Crippen molar-refractivity contribution >= 4 is 23.4 Å². The van der Waals surface area contributed by atoms with Crippen LogP contribution in [0.15, 0.2) is 36.1 Å². The summed E-state index contributed by atoms with van der Waals surface area (Å²) in [4.78, 5) is 16.7. The van der Waals surface area contributed by atoms with Crippen LogP contribution in [0.2, 0.25) is 0 Å². The van der Waals surface area contributed by atoms with Crippen LogP contribution in [0.3, 0.4) is 0 Å². The van der Waals surface area contributed by atoms with Crippen molar-refractivity contribution in [3.63, 3.8) is 0 Å². The Morgan fingerprint density at radius 1 is 1.20 bits per heavy atom. The average Bonchev–Trinajstić information content (AvgIpc) is 3.60. The van der Waals surface area contributed by atoms with Gasteiger partial charge in [-0.1, -0.05) is 34.3 Å². The second-order valence-corrected chi connectivity index (χ2v) is 9.19. The molecule has 0 unspecified atom stereocenters. The van der Waals surface area contributed by atoms with Crippen LogP contribution >= 0.6 is 0 Å². The second-order valence-electron chi connectivity index (χ2n) is 9.19. The van der Waals surface area contributed by atoms with E-state index in [1.54, 1.807) is 0 Å². The van der Waals surface area contributed by atoms with Crippen LogP contribution in [0.1, 0.15) is 58.6 Å². The molecule has 0 spiro atoms. The van der Waals surface area contributed by atoms with Gasteiger partial charge in [-0.3, -0.25) is 5.10 Å². The molecule has 1 saturated carbocycles. The Balaban J connectivity index is 1.69. The van der Waals surface area contributed by atoms with E-state index in [0.29, 0.717) is 35.9 Å².